The van der Waals surface area contributed by atoms with E-state index in [0.29, 0.717) is 0 Å². The summed E-state index contributed by atoms with van der Waals surface area (Å²) >= 11 is 0. The molecule has 3 nitrogen and oxygen atoms in total. The van der Waals surface area contributed by atoms with Gasteiger partial charge in [-0.15, -0.1) is 0 Å². The van der Waals surface area contributed by atoms with Crippen LogP contribution in [-0.2, 0) is 14.1 Å². The molecule has 0 aromatic heterocycles. The van der Waals surface area contributed by atoms with Gasteiger partial charge < -0.3 is 0 Å². The standard InChI is InChI=1S/C27H33F26O3PS/c1-4-7-12-57(13-8-5-2,14-9-6-3,56-58(54,55)27(52,53)24(44,45)23(42,43)26(49,50)51)15-10-11-16(28,29)17(30,31)18(32,33)19(34,35)20(36,37)21(38,39)22(40,41)25(46,47)48/h4-15H2,1-3H3. The number of hydrogen-bond acceptors (Lipinski definition) is 3. The van der Waals surface area contributed by atoms with Gasteiger partial charge in [0.05, 0.1) is 0 Å². The van der Waals surface area contributed by atoms with Gasteiger partial charge >= 0.3 is 311 Å². The topological polar surface area (TPSA) is 43.4 Å². The van der Waals surface area contributed by atoms with Crippen molar-refractivity contribution >= 4 is 16.9 Å². The van der Waals surface area contributed by atoms with Crippen molar-refractivity contribution < 1.29 is 127 Å². The molecule has 0 spiro atoms. The minimum absolute atomic E-state index is 0.264. The van der Waals surface area contributed by atoms with E-state index in [1.807, 2.05) is 0 Å². The molecule has 0 bridgehead atoms. The van der Waals surface area contributed by atoms with Crippen molar-refractivity contribution in [3.63, 3.8) is 0 Å². The molecule has 0 saturated carbocycles. The van der Waals surface area contributed by atoms with Crippen LogP contribution in [0.2, 0.25) is 0 Å². The molecule has 0 saturated heterocycles. The van der Waals surface area contributed by atoms with Gasteiger partial charge in [0.1, 0.15) is 0 Å². The maximum absolute atomic E-state index is 14.9. The molecule has 0 aliphatic carbocycles. The van der Waals surface area contributed by atoms with Crippen molar-refractivity contribution in [2.24, 2.45) is 0 Å². The fourth-order valence-corrected chi connectivity index (χ4v) is 15.3. The molecule has 58 heavy (non-hydrogen) atoms. The number of halogens is 26. The monoisotopic (exact) mass is 962 g/mol. The summed E-state index contributed by atoms with van der Waals surface area (Å²) in [7, 11) is -7.91. The average molecular weight is 963 g/mol. The molecular formula is C27H33F26O3PS. The van der Waals surface area contributed by atoms with E-state index in [1.54, 1.807) is 0 Å². The summed E-state index contributed by atoms with van der Waals surface area (Å²) in [5.41, 5.74) is 0. The molecule has 0 aromatic carbocycles. The van der Waals surface area contributed by atoms with Crippen molar-refractivity contribution in [1.29, 1.82) is 0 Å². The van der Waals surface area contributed by atoms with Crippen LogP contribution in [0.4, 0.5) is 114 Å². The second-order valence-electron chi connectivity index (χ2n) is 13.3. The predicted molar refractivity (Wildman–Crippen MR) is 152 cm³/mol. The molecule has 0 unspecified atom stereocenters. The maximum atomic E-state index is 14.9. The van der Waals surface area contributed by atoms with Crippen LogP contribution in [0.25, 0.3) is 0 Å². The zero-order valence-electron chi connectivity index (χ0n) is 29.4. The Kier molecular flexibility index (Phi) is 16.2. The molecule has 0 radical (unpaired) electrons. The Balaban J connectivity index is 7.61. The van der Waals surface area contributed by atoms with E-state index < -0.39 is 145 Å². The number of unbranched alkanes of at least 4 members (excludes halogenated alkanes) is 3. The van der Waals surface area contributed by atoms with Gasteiger partial charge in [0.25, 0.3) is 0 Å². The number of alkyl halides is 26. The van der Waals surface area contributed by atoms with Crippen molar-refractivity contribution in [1.82, 2.24) is 0 Å². The SMILES string of the molecule is CCCCP(CCCC)(CCCC)(CCCC(F)(F)C(F)(F)C(F)(F)C(F)(F)C(F)(F)C(F)(F)C(F)(F)C(F)(F)F)OS(=O)(=O)C(F)(F)C(F)(F)C(F)(F)C(F)(F)F. The Morgan fingerprint density at radius 2 is 0.638 bits per heavy atom. The summed E-state index contributed by atoms with van der Waals surface area (Å²) in [5.74, 6) is -75.0. The summed E-state index contributed by atoms with van der Waals surface area (Å²) < 4.78 is 388. The second kappa shape index (κ2) is 16.7. The van der Waals surface area contributed by atoms with Gasteiger partial charge in [-0.05, 0) is 0 Å². The Morgan fingerprint density at radius 3 is 0.931 bits per heavy atom. The Morgan fingerprint density at radius 1 is 0.379 bits per heavy atom. The first-order valence-electron chi connectivity index (χ1n) is 16.0. The first-order valence-corrected chi connectivity index (χ1v) is 20.3. The fraction of sp³-hybridized carbons (Fsp3) is 1.00. The first kappa shape index (κ1) is 56.5. The third kappa shape index (κ3) is 9.03. The minimum atomic E-state index is -8.97. The van der Waals surface area contributed by atoms with Crippen LogP contribution in [0.15, 0.2) is 0 Å². The van der Waals surface area contributed by atoms with Crippen LogP contribution in [0.5, 0.6) is 0 Å². The van der Waals surface area contributed by atoms with E-state index in [9.17, 15) is 123 Å². The molecule has 0 rings (SSSR count). The zero-order valence-corrected chi connectivity index (χ0v) is 31.1. The molecule has 31 heteroatoms. The Bertz CT molecular complexity index is 1460. The van der Waals surface area contributed by atoms with Crippen LogP contribution in [0, 0.1) is 0 Å². The molecule has 0 aliphatic heterocycles. The van der Waals surface area contributed by atoms with E-state index in [0.717, 1.165) is 0 Å². The normalized spacial score (nSPS) is 16.7. The van der Waals surface area contributed by atoms with Crippen LogP contribution in [0.1, 0.15) is 72.1 Å². The van der Waals surface area contributed by atoms with Gasteiger partial charge in [-0.3, -0.25) is 0 Å². The third-order valence-electron chi connectivity index (χ3n) is 8.97. The molecule has 352 valence electrons. The fourth-order valence-electron chi connectivity index (χ4n) is 5.39. The summed E-state index contributed by atoms with van der Waals surface area (Å²) in [6, 6.07) is 0. The predicted octanol–water partition coefficient (Wildman–Crippen LogP) is 13.4. The van der Waals surface area contributed by atoms with Gasteiger partial charge in [0.15, 0.2) is 0 Å². The summed E-state index contributed by atoms with van der Waals surface area (Å²) in [6.45, 7) is -2.43. The molecule has 0 aliphatic rings. The summed E-state index contributed by atoms with van der Waals surface area (Å²) in [5, 5.41) is -7.60. The van der Waals surface area contributed by atoms with E-state index in [2.05, 4.69) is 3.97 Å². The van der Waals surface area contributed by atoms with E-state index in [1.165, 1.54) is 20.8 Å². The molecule has 0 aromatic rings. The van der Waals surface area contributed by atoms with Crippen LogP contribution in [-0.4, -0.2) is 104 Å². The van der Waals surface area contributed by atoms with Gasteiger partial charge in [0.2, 0.25) is 0 Å². The van der Waals surface area contributed by atoms with Crippen LogP contribution >= 0.6 is 6.83 Å². The van der Waals surface area contributed by atoms with Crippen molar-refractivity contribution in [3.05, 3.63) is 0 Å². The number of rotatable bonds is 24. The quantitative estimate of drug-likeness (QED) is 0.0715. The van der Waals surface area contributed by atoms with Crippen LogP contribution in [0.3, 0.4) is 0 Å². The van der Waals surface area contributed by atoms with Crippen molar-refractivity contribution in [2.45, 2.75) is 143 Å². The van der Waals surface area contributed by atoms with E-state index in [-0.39, 0.29) is 19.3 Å². The molecular weight excluding hydrogens is 929 g/mol. The zero-order chi connectivity index (χ0) is 47.1. The molecule has 0 heterocycles. The van der Waals surface area contributed by atoms with Gasteiger partial charge in [-0.2, -0.15) is 0 Å². The first-order chi connectivity index (χ1) is 25.2. The average Bonchev–Trinajstić information content (AvgIpc) is 3.03. The van der Waals surface area contributed by atoms with Crippen molar-refractivity contribution in [2.75, 3.05) is 24.6 Å². The molecule has 0 atom stereocenters. The second-order valence-corrected chi connectivity index (χ2v) is 20.8. The van der Waals surface area contributed by atoms with Crippen LogP contribution < -0.4 is 0 Å². The Hall–Kier alpha value is -1.48. The summed E-state index contributed by atoms with van der Waals surface area (Å²) in [4.78, 5) is 0. The van der Waals surface area contributed by atoms with Gasteiger partial charge in [-0.1, -0.05) is 0 Å². The molecule has 0 fully saturated rings. The van der Waals surface area contributed by atoms with Crippen molar-refractivity contribution in [3.8, 4) is 0 Å². The van der Waals surface area contributed by atoms with Gasteiger partial charge in [0, 0.05) is 0 Å². The molecule has 0 amide bonds. The van der Waals surface area contributed by atoms with Gasteiger partial charge in [-0.25, -0.2) is 0 Å². The number of hydrogen-bond donors (Lipinski definition) is 0. The summed E-state index contributed by atoms with van der Waals surface area (Å²) in [6.07, 6.45) is -28.8. The molecule has 0 N–H and O–H groups in total. The van der Waals surface area contributed by atoms with E-state index in [4.69, 9.17) is 0 Å². The van der Waals surface area contributed by atoms with E-state index >= 15 is 0 Å². The Labute approximate surface area is 311 Å². The third-order valence-corrected chi connectivity index (χ3v) is 18.1.